The number of nitrogens with two attached hydrogens (primary N) is 1. The molecule has 0 aliphatic carbocycles. The second-order valence-corrected chi connectivity index (χ2v) is 7.91. The second-order valence-electron chi connectivity index (χ2n) is 7.91. The Morgan fingerprint density at radius 2 is 1.52 bits per heavy atom. The lowest BCUT2D eigenvalue weighted by molar-refractivity contribution is 0.213. The van der Waals surface area contributed by atoms with E-state index < -0.39 is 0 Å². The van der Waals surface area contributed by atoms with Gasteiger partial charge in [0.1, 0.15) is 24.7 Å². The summed E-state index contributed by atoms with van der Waals surface area (Å²) in [6.07, 6.45) is 0. The molecule has 0 aliphatic heterocycles. The van der Waals surface area contributed by atoms with Gasteiger partial charge >= 0.3 is 0 Å². The normalized spacial score (nSPS) is 11.6. The Bertz CT molecular complexity index is 925. The minimum absolute atomic E-state index is 0.0350. The smallest absolute Gasteiger partial charge is 0.124 e. The molecule has 3 aromatic rings. The summed E-state index contributed by atoms with van der Waals surface area (Å²) in [5.74, 6) is 1.76. The minimum atomic E-state index is 0.0350. The number of ether oxygens (including phenoxy) is 2. The van der Waals surface area contributed by atoms with Crippen molar-refractivity contribution in [1.29, 1.82) is 0 Å². The lowest BCUT2D eigenvalue weighted by Gasteiger charge is -2.23. The van der Waals surface area contributed by atoms with Crippen LogP contribution < -0.4 is 15.2 Å². The molecule has 0 aliphatic rings. The monoisotopic (exact) mass is 363 g/mol. The fraction of sp³-hybridized carbons (Fsp3) is 0.333. The first kappa shape index (κ1) is 19.2. The zero-order chi connectivity index (χ0) is 19.4. The molecule has 3 heteroatoms. The Kier molecular flexibility index (Phi) is 5.71. The molecule has 27 heavy (non-hydrogen) atoms. The molecule has 0 amide bonds. The van der Waals surface area contributed by atoms with Crippen LogP contribution in [0.4, 0.5) is 0 Å². The Morgan fingerprint density at radius 3 is 2.22 bits per heavy atom. The number of aryl methyl sites for hydroxylation is 1. The molecule has 0 unspecified atom stereocenters. The van der Waals surface area contributed by atoms with Gasteiger partial charge in [-0.1, -0.05) is 68.8 Å². The van der Waals surface area contributed by atoms with Crippen LogP contribution in [0.1, 0.15) is 37.5 Å². The van der Waals surface area contributed by atoms with E-state index in [4.69, 9.17) is 15.2 Å². The molecule has 0 radical (unpaired) electrons. The minimum Gasteiger partial charge on any atom is -0.490 e. The molecule has 0 heterocycles. The van der Waals surface area contributed by atoms with Gasteiger partial charge in [0.15, 0.2) is 0 Å². The van der Waals surface area contributed by atoms with Gasteiger partial charge in [0.25, 0.3) is 0 Å². The largest absolute Gasteiger partial charge is 0.490 e. The summed E-state index contributed by atoms with van der Waals surface area (Å²) in [5, 5.41) is 2.32. The fourth-order valence-electron chi connectivity index (χ4n) is 3.32. The summed E-state index contributed by atoms with van der Waals surface area (Å²) in [6.45, 7) is 10.1. The van der Waals surface area contributed by atoms with Gasteiger partial charge in [-0.2, -0.15) is 0 Å². The van der Waals surface area contributed by atoms with Gasteiger partial charge in [-0.3, -0.25) is 0 Å². The number of hydrogen-bond acceptors (Lipinski definition) is 3. The Morgan fingerprint density at radius 1 is 0.852 bits per heavy atom. The molecule has 0 spiro atoms. The predicted octanol–water partition coefficient (Wildman–Crippen LogP) is 5.36. The molecule has 2 N–H and O–H groups in total. The first-order valence-corrected chi connectivity index (χ1v) is 9.47. The van der Waals surface area contributed by atoms with Crippen LogP contribution in [-0.4, -0.2) is 13.2 Å². The third-order valence-electron chi connectivity index (χ3n) is 4.74. The maximum atomic E-state index is 6.05. The molecule has 0 bridgehead atoms. The second kappa shape index (κ2) is 8.01. The molecule has 142 valence electrons. The van der Waals surface area contributed by atoms with Crippen LogP contribution in [0.3, 0.4) is 0 Å². The van der Waals surface area contributed by atoms with Crippen LogP contribution in [0.25, 0.3) is 10.8 Å². The number of rotatable bonds is 6. The summed E-state index contributed by atoms with van der Waals surface area (Å²) in [5.41, 5.74) is 9.52. The highest BCUT2D eigenvalue weighted by molar-refractivity contribution is 5.87. The number of hydrogen-bond donors (Lipinski definition) is 1. The van der Waals surface area contributed by atoms with E-state index in [1.807, 2.05) is 18.2 Å². The lowest BCUT2D eigenvalue weighted by atomic mass is 9.85. The quantitative estimate of drug-likeness (QED) is 0.599. The third-order valence-corrected chi connectivity index (χ3v) is 4.74. The summed E-state index contributed by atoms with van der Waals surface area (Å²) < 4.78 is 12.0. The van der Waals surface area contributed by atoms with Crippen molar-refractivity contribution in [2.45, 2.75) is 39.7 Å². The van der Waals surface area contributed by atoms with Crippen molar-refractivity contribution in [3.8, 4) is 11.5 Å². The topological polar surface area (TPSA) is 44.5 Å². The zero-order valence-electron chi connectivity index (χ0n) is 16.7. The van der Waals surface area contributed by atoms with E-state index in [9.17, 15) is 0 Å². The molecule has 0 saturated heterocycles. The fourth-order valence-corrected chi connectivity index (χ4v) is 3.32. The predicted molar refractivity (Wildman–Crippen MR) is 113 cm³/mol. The average Bonchev–Trinajstić information content (AvgIpc) is 2.65. The van der Waals surface area contributed by atoms with Crippen molar-refractivity contribution in [2.24, 2.45) is 5.73 Å². The van der Waals surface area contributed by atoms with E-state index in [2.05, 4.69) is 64.1 Å². The van der Waals surface area contributed by atoms with Gasteiger partial charge in [0.2, 0.25) is 0 Å². The molecular formula is C24H29NO2. The van der Waals surface area contributed by atoms with Crippen LogP contribution in [0.5, 0.6) is 11.5 Å². The number of fused-ring (bicyclic) bond motifs is 1. The van der Waals surface area contributed by atoms with Gasteiger partial charge in [-0.05, 0) is 40.8 Å². The molecule has 3 rings (SSSR count). The Balaban J connectivity index is 1.69. The summed E-state index contributed by atoms with van der Waals surface area (Å²) in [6, 6.07) is 18.6. The molecule has 0 fully saturated rings. The highest BCUT2D eigenvalue weighted by atomic mass is 16.5. The average molecular weight is 364 g/mol. The lowest BCUT2D eigenvalue weighted by Crippen LogP contribution is -2.16. The SMILES string of the molecule is Cc1ccc(OCCOc2ccc3ccccc3c2CN)c(C(C)(C)C)c1. The van der Waals surface area contributed by atoms with Crippen LogP contribution in [0.15, 0.2) is 54.6 Å². The van der Waals surface area contributed by atoms with Crippen molar-refractivity contribution in [2.75, 3.05) is 13.2 Å². The molecular weight excluding hydrogens is 334 g/mol. The van der Waals surface area contributed by atoms with Crippen LogP contribution in [0.2, 0.25) is 0 Å². The molecule has 0 aromatic heterocycles. The van der Waals surface area contributed by atoms with Gasteiger partial charge in [-0.25, -0.2) is 0 Å². The van der Waals surface area contributed by atoms with Crippen molar-refractivity contribution in [3.05, 3.63) is 71.3 Å². The van der Waals surface area contributed by atoms with Crippen molar-refractivity contribution >= 4 is 10.8 Å². The van der Waals surface area contributed by atoms with Crippen molar-refractivity contribution < 1.29 is 9.47 Å². The van der Waals surface area contributed by atoms with E-state index in [0.29, 0.717) is 19.8 Å². The van der Waals surface area contributed by atoms with Crippen molar-refractivity contribution in [3.63, 3.8) is 0 Å². The van der Waals surface area contributed by atoms with E-state index in [0.717, 1.165) is 22.4 Å². The van der Waals surface area contributed by atoms with E-state index >= 15 is 0 Å². The summed E-state index contributed by atoms with van der Waals surface area (Å²) in [4.78, 5) is 0. The molecule has 0 saturated carbocycles. The van der Waals surface area contributed by atoms with Crippen molar-refractivity contribution in [1.82, 2.24) is 0 Å². The molecule has 3 aromatic carbocycles. The van der Waals surface area contributed by atoms with Gasteiger partial charge < -0.3 is 15.2 Å². The van der Waals surface area contributed by atoms with Gasteiger partial charge in [-0.15, -0.1) is 0 Å². The first-order valence-electron chi connectivity index (χ1n) is 9.47. The van der Waals surface area contributed by atoms with E-state index in [1.165, 1.54) is 16.5 Å². The zero-order valence-corrected chi connectivity index (χ0v) is 16.7. The van der Waals surface area contributed by atoms with Crippen LogP contribution in [0, 0.1) is 6.92 Å². The highest BCUT2D eigenvalue weighted by Gasteiger charge is 2.19. The summed E-state index contributed by atoms with van der Waals surface area (Å²) in [7, 11) is 0. The molecule has 3 nitrogen and oxygen atoms in total. The number of benzene rings is 3. The van der Waals surface area contributed by atoms with Gasteiger partial charge in [0.05, 0.1) is 0 Å². The maximum Gasteiger partial charge on any atom is 0.124 e. The van der Waals surface area contributed by atoms with Gasteiger partial charge in [0, 0.05) is 12.1 Å². The highest BCUT2D eigenvalue weighted by Crippen LogP contribution is 2.32. The Labute approximate surface area is 162 Å². The molecule has 0 atom stereocenters. The van der Waals surface area contributed by atoms with E-state index in [-0.39, 0.29) is 5.41 Å². The third kappa shape index (κ3) is 4.42. The van der Waals surface area contributed by atoms with Crippen LogP contribution >= 0.6 is 0 Å². The summed E-state index contributed by atoms with van der Waals surface area (Å²) >= 11 is 0. The Hall–Kier alpha value is -2.52. The van der Waals surface area contributed by atoms with E-state index in [1.54, 1.807) is 0 Å². The maximum absolute atomic E-state index is 6.05. The first-order chi connectivity index (χ1) is 12.9. The standard InChI is InChI=1S/C24H29NO2/c1-17-9-11-23(21(15-17)24(2,3)4)27-14-13-26-22-12-10-18-7-5-6-8-19(18)20(22)16-25/h5-12,15H,13-14,16,25H2,1-4H3. The van der Waals surface area contributed by atoms with Crippen LogP contribution in [-0.2, 0) is 12.0 Å².